The average Bonchev–Trinajstić information content (AvgIpc) is 3.09. The quantitative estimate of drug-likeness (QED) is 0.892. The lowest BCUT2D eigenvalue weighted by molar-refractivity contribution is -0.126. The van der Waals surface area contributed by atoms with Crippen molar-refractivity contribution in [2.24, 2.45) is 11.8 Å². The molecule has 1 aromatic rings. The van der Waals surface area contributed by atoms with Gasteiger partial charge in [0.15, 0.2) is 0 Å². The molecule has 2 saturated heterocycles. The summed E-state index contributed by atoms with van der Waals surface area (Å²) in [7, 11) is 0. The van der Waals surface area contributed by atoms with Gasteiger partial charge in [-0.25, -0.2) is 0 Å². The van der Waals surface area contributed by atoms with Crippen LogP contribution in [0.15, 0.2) is 24.3 Å². The van der Waals surface area contributed by atoms with E-state index in [0.717, 1.165) is 45.6 Å². The number of amides is 1. The Balaban J connectivity index is 1.42. The summed E-state index contributed by atoms with van der Waals surface area (Å²) >= 11 is 0. The maximum atomic E-state index is 12.5. The molecule has 1 atom stereocenters. The van der Waals surface area contributed by atoms with Gasteiger partial charge in [0, 0.05) is 37.3 Å². The van der Waals surface area contributed by atoms with Gasteiger partial charge in [0.25, 0.3) is 0 Å². The maximum absolute atomic E-state index is 12.5. The van der Waals surface area contributed by atoms with Crippen molar-refractivity contribution in [1.82, 2.24) is 10.2 Å². The summed E-state index contributed by atoms with van der Waals surface area (Å²) in [5.41, 5.74) is 2.68. The average molecular weight is 344 g/mol. The Hall–Kier alpha value is -1.55. The number of aryl methyl sites for hydroxylation is 1. The zero-order valence-electron chi connectivity index (χ0n) is 16.0. The number of para-hydroxylation sites is 1. The van der Waals surface area contributed by atoms with Gasteiger partial charge in [-0.2, -0.15) is 0 Å². The molecule has 0 radical (unpaired) electrons. The second-order valence-electron chi connectivity index (χ2n) is 8.04. The molecule has 2 aliphatic heterocycles. The molecule has 138 valence electrons. The third-order valence-electron chi connectivity index (χ3n) is 5.94. The summed E-state index contributed by atoms with van der Waals surface area (Å²) in [6.07, 6.45) is 3.18. The van der Waals surface area contributed by atoms with Gasteiger partial charge in [-0.15, -0.1) is 0 Å². The van der Waals surface area contributed by atoms with E-state index in [2.05, 4.69) is 60.2 Å². The highest BCUT2D eigenvalue weighted by Gasteiger charge is 2.28. The molecule has 1 aromatic carbocycles. The molecule has 1 amide bonds. The third-order valence-corrected chi connectivity index (χ3v) is 5.94. The van der Waals surface area contributed by atoms with Crippen LogP contribution in [0.2, 0.25) is 0 Å². The fourth-order valence-electron chi connectivity index (χ4n) is 4.20. The van der Waals surface area contributed by atoms with E-state index in [-0.39, 0.29) is 11.8 Å². The van der Waals surface area contributed by atoms with E-state index in [0.29, 0.717) is 12.0 Å². The smallest absolute Gasteiger partial charge is 0.223 e. The highest BCUT2D eigenvalue weighted by Crippen LogP contribution is 2.26. The molecule has 0 bridgehead atoms. The molecule has 2 fully saturated rings. The predicted octanol–water partition coefficient (Wildman–Crippen LogP) is 3.06. The fourth-order valence-corrected chi connectivity index (χ4v) is 4.20. The first-order valence-corrected chi connectivity index (χ1v) is 9.87. The molecule has 0 saturated carbocycles. The molecule has 1 N–H and O–H groups in total. The lowest BCUT2D eigenvalue weighted by atomic mass is 9.95. The highest BCUT2D eigenvalue weighted by atomic mass is 16.1. The standard InChI is InChI=1S/C21H33N3O/c1-16(2)23-12-9-19(10-13-23)21(25)22-14-18-8-11-24(15-18)20-7-5-4-6-17(20)3/h4-7,16,18-19H,8-15H2,1-3H3,(H,22,25). The molecular formula is C21H33N3O. The Morgan fingerprint density at radius 3 is 2.56 bits per heavy atom. The van der Waals surface area contributed by atoms with Gasteiger partial charge in [-0.3, -0.25) is 4.79 Å². The monoisotopic (exact) mass is 343 g/mol. The Morgan fingerprint density at radius 2 is 1.88 bits per heavy atom. The first-order chi connectivity index (χ1) is 12.0. The van der Waals surface area contributed by atoms with Crippen LogP contribution < -0.4 is 10.2 Å². The van der Waals surface area contributed by atoms with E-state index in [4.69, 9.17) is 0 Å². The molecule has 1 unspecified atom stereocenters. The largest absolute Gasteiger partial charge is 0.371 e. The van der Waals surface area contributed by atoms with Crippen LogP contribution in [0, 0.1) is 18.8 Å². The first kappa shape index (κ1) is 18.2. The Bertz CT molecular complexity index is 578. The van der Waals surface area contributed by atoms with E-state index in [1.807, 2.05) is 0 Å². The van der Waals surface area contributed by atoms with Crippen LogP contribution in [-0.4, -0.2) is 49.6 Å². The normalized spacial score (nSPS) is 22.6. The molecule has 4 nitrogen and oxygen atoms in total. The molecule has 3 rings (SSSR count). The summed E-state index contributed by atoms with van der Waals surface area (Å²) in [5.74, 6) is 1.06. The van der Waals surface area contributed by atoms with Crippen molar-refractivity contribution in [2.45, 2.75) is 46.1 Å². The fraction of sp³-hybridized carbons (Fsp3) is 0.667. The van der Waals surface area contributed by atoms with E-state index in [1.54, 1.807) is 0 Å². The number of carbonyl (C=O) groups excluding carboxylic acids is 1. The van der Waals surface area contributed by atoms with Gasteiger partial charge >= 0.3 is 0 Å². The number of benzene rings is 1. The summed E-state index contributed by atoms with van der Waals surface area (Å²) < 4.78 is 0. The minimum Gasteiger partial charge on any atom is -0.371 e. The molecule has 25 heavy (non-hydrogen) atoms. The van der Waals surface area contributed by atoms with Crippen molar-refractivity contribution >= 4 is 11.6 Å². The Kier molecular flexibility index (Phi) is 6.00. The van der Waals surface area contributed by atoms with E-state index in [1.165, 1.54) is 17.7 Å². The van der Waals surface area contributed by atoms with Crippen molar-refractivity contribution in [2.75, 3.05) is 37.6 Å². The number of piperidine rings is 1. The molecule has 0 aromatic heterocycles. The number of hydrogen-bond acceptors (Lipinski definition) is 3. The van der Waals surface area contributed by atoms with Crippen molar-refractivity contribution in [3.8, 4) is 0 Å². The van der Waals surface area contributed by atoms with E-state index >= 15 is 0 Å². The lowest BCUT2D eigenvalue weighted by Gasteiger charge is -2.34. The summed E-state index contributed by atoms with van der Waals surface area (Å²) in [6.45, 7) is 11.7. The van der Waals surface area contributed by atoms with Crippen molar-refractivity contribution in [3.05, 3.63) is 29.8 Å². The molecular weight excluding hydrogens is 310 g/mol. The SMILES string of the molecule is Cc1ccccc1N1CCC(CNC(=O)C2CCN(C(C)C)CC2)C1. The zero-order valence-corrected chi connectivity index (χ0v) is 16.0. The van der Waals surface area contributed by atoms with Gasteiger partial charge in [0.1, 0.15) is 0 Å². The van der Waals surface area contributed by atoms with Crippen LogP contribution in [0.1, 0.15) is 38.7 Å². The summed E-state index contributed by atoms with van der Waals surface area (Å²) in [4.78, 5) is 17.4. The number of carbonyl (C=O) groups is 1. The van der Waals surface area contributed by atoms with Crippen molar-refractivity contribution < 1.29 is 4.79 Å². The maximum Gasteiger partial charge on any atom is 0.223 e. The third kappa shape index (κ3) is 4.55. The number of hydrogen-bond donors (Lipinski definition) is 1. The lowest BCUT2D eigenvalue weighted by Crippen LogP contribution is -2.44. The van der Waals surface area contributed by atoms with Crippen molar-refractivity contribution in [3.63, 3.8) is 0 Å². The number of nitrogens with one attached hydrogen (secondary N) is 1. The molecule has 0 spiro atoms. The van der Waals surface area contributed by atoms with Gasteiger partial charge in [0.05, 0.1) is 0 Å². The van der Waals surface area contributed by atoms with E-state index < -0.39 is 0 Å². The van der Waals surface area contributed by atoms with Crippen molar-refractivity contribution in [1.29, 1.82) is 0 Å². The summed E-state index contributed by atoms with van der Waals surface area (Å²) in [6, 6.07) is 9.18. The van der Waals surface area contributed by atoms with Crippen LogP contribution in [0.5, 0.6) is 0 Å². The van der Waals surface area contributed by atoms with Gasteiger partial charge in [-0.1, -0.05) is 18.2 Å². The Morgan fingerprint density at radius 1 is 1.16 bits per heavy atom. The van der Waals surface area contributed by atoms with Gasteiger partial charge in [-0.05, 0) is 70.7 Å². The topological polar surface area (TPSA) is 35.6 Å². The molecule has 2 aliphatic rings. The minimum atomic E-state index is 0.212. The second kappa shape index (κ2) is 8.22. The number of rotatable bonds is 5. The summed E-state index contributed by atoms with van der Waals surface area (Å²) in [5, 5.41) is 3.24. The minimum absolute atomic E-state index is 0.212. The number of likely N-dealkylation sites (tertiary alicyclic amines) is 1. The van der Waals surface area contributed by atoms with Crippen LogP contribution in [0.25, 0.3) is 0 Å². The van der Waals surface area contributed by atoms with Gasteiger partial charge in [0.2, 0.25) is 5.91 Å². The van der Waals surface area contributed by atoms with Crippen LogP contribution in [0.3, 0.4) is 0 Å². The predicted molar refractivity (Wildman–Crippen MR) is 104 cm³/mol. The molecule has 0 aliphatic carbocycles. The first-order valence-electron chi connectivity index (χ1n) is 9.87. The molecule has 2 heterocycles. The van der Waals surface area contributed by atoms with Crippen LogP contribution in [0.4, 0.5) is 5.69 Å². The van der Waals surface area contributed by atoms with E-state index in [9.17, 15) is 4.79 Å². The van der Waals surface area contributed by atoms with Crippen LogP contribution in [-0.2, 0) is 4.79 Å². The second-order valence-corrected chi connectivity index (χ2v) is 8.04. The number of anilines is 1. The van der Waals surface area contributed by atoms with Gasteiger partial charge < -0.3 is 15.1 Å². The highest BCUT2D eigenvalue weighted by molar-refractivity contribution is 5.78. The van der Waals surface area contributed by atoms with Crippen LogP contribution >= 0.6 is 0 Å². The Labute approximate surface area is 152 Å². The zero-order chi connectivity index (χ0) is 17.8. The molecule has 4 heteroatoms. The number of nitrogens with zero attached hydrogens (tertiary/aromatic N) is 2.